The number of unbranched alkanes of at least 4 members (excludes halogenated alkanes) is 2. The Morgan fingerprint density at radius 2 is 1.79 bits per heavy atom. The van der Waals surface area contributed by atoms with E-state index >= 15 is 0 Å². The van der Waals surface area contributed by atoms with Crippen LogP contribution in [0.2, 0.25) is 0 Å². The minimum Gasteiger partial charge on any atom is -0.497 e. The van der Waals surface area contributed by atoms with Crippen molar-refractivity contribution in [1.29, 1.82) is 0 Å². The van der Waals surface area contributed by atoms with Gasteiger partial charge in [-0.2, -0.15) is 0 Å². The highest BCUT2D eigenvalue weighted by molar-refractivity contribution is 6.03. The Hall–Kier alpha value is -3.15. The molecule has 3 aromatic rings. The Bertz CT molecular complexity index is 1030. The number of benzene rings is 2. The number of halogens is 1. The molecule has 0 unspecified atom stereocenters. The molecule has 0 radical (unpaired) electrons. The fraction of sp³-hybridized carbons (Fsp3) is 0.304. The number of ether oxygens (including phenoxy) is 1. The first kappa shape index (κ1) is 20.6. The van der Waals surface area contributed by atoms with Gasteiger partial charge in [-0.1, -0.05) is 19.8 Å². The second-order valence-electron chi connectivity index (χ2n) is 6.88. The molecule has 0 bridgehead atoms. The lowest BCUT2D eigenvalue weighted by Gasteiger charge is -2.05. The number of aromatic amines is 1. The maximum absolute atomic E-state index is 13.3. The van der Waals surface area contributed by atoms with E-state index in [1.165, 1.54) is 16.8 Å². The lowest BCUT2D eigenvalue weighted by Crippen LogP contribution is -2.19. The van der Waals surface area contributed by atoms with Crippen molar-refractivity contribution in [3.8, 4) is 22.7 Å². The zero-order chi connectivity index (χ0) is 20.8. The van der Waals surface area contributed by atoms with Crippen molar-refractivity contribution < 1.29 is 9.13 Å². The van der Waals surface area contributed by atoms with E-state index in [4.69, 9.17) is 4.74 Å². The Labute approximate surface area is 169 Å². The van der Waals surface area contributed by atoms with Crippen molar-refractivity contribution >= 4 is 5.71 Å². The Morgan fingerprint density at radius 1 is 1.10 bits per heavy atom. The van der Waals surface area contributed by atoms with Crippen molar-refractivity contribution in [3.05, 3.63) is 70.3 Å². The highest BCUT2D eigenvalue weighted by atomic mass is 19.1. The summed E-state index contributed by atoms with van der Waals surface area (Å²) < 4.78 is 20.0. The summed E-state index contributed by atoms with van der Waals surface area (Å²) in [5.41, 5.74) is 3.10. The number of methoxy groups -OCH3 is 1. The fourth-order valence-electron chi connectivity index (χ4n) is 3.20. The van der Waals surface area contributed by atoms with Crippen LogP contribution in [0.4, 0.5) is 4.39 Å². The van der Waals surface area contributed by atoms with Crippen molar-refractivity contribution in [2.45, 2.75) is 33.1 Å². The molecule has 0 fully saturated rings. The molecule has 6 heteroatoms. The van der Waals surface area contributed by atoms with E-state index in [0.717, 1.165) is 30.6 Å². The van der Waals surface area contributed by atoms with Crippen LogP contribution in [0.25, 0.3) is 16.9 Å². The smallest absolute Gasteiger partial charge is 0.280 e. The van der Waals surface area contributed by atoms with Gasteiger partial charge < -0.3 is 4.74 Å². The molecule has 1 aromatic heterocycles. The van der Waals surface area contributed by atoms with Gasteiger partial charge in [0.05, 0.1) is 24.1 Å². The minimum atomic E-state index is -0.349. The van der Waals surface area contributed by atoms with Gasteiger partial charge in [0.15, 0.2) is 0 Å². The number of hydrogen-bond acceptors (Lipinski definition) is 3. The molecule has 3 rings (SSSR count). The molecule has 5 nitrogen and oxygen atoms in total. The molecule has 0 atom stereocenters. The molecule has 2 aromatic carbocycles. The molecule has 0 spiro atoms. The predicted molar refractivity (Wildman–Crippen MR) is 115 cm³/mol. The second-order valence-corrected chi connectivity index (χ2v) is 6.88. The summed E-state index contributed by atoms with van der Waals surface area (Å²) >= 11 is 0. The second kappa shape index (κ2) is 9.37. The van der Waals surface area contributed by atoms with Crippen molar-refractivity contribution in [2.75, 3.05) is 13.7 Å². The zero-order valence-electron chi connectivity index (χ0n) is 17.0. The van der Waals surface area contributed by atoms with E-state index in [1.807, 2.05) is 31.2 Å². The van der Waals surface area contributed by atoms with Gasteiger partial charge in [0.2, 0.25) is 0 Å². The average molecular weight is 395 g/mol. The lowest BCUT2D eigenvalue weighted by atomic mass is 10.0. The van der Waals surface area contributed by atoms with Gasteiger partial charge in [-0.05, 0) is 61.9 Å². The summed E-state index contributed by atoms with van der Waals surface area (Å²) in [6.45, 7) is 4.69. The number of rotatable bonds is 8. The highest BCUT2D eigenvalue weighted by Crippen LogP contribution is 2.24. The van der Waals surface area contributed by atoms with Crippen LogP contribution >= 0.6 is 0 Å². The summed E-state index contributed by atoms with van der Waals surface area (Å²) in [6.07, 6.45) is 3.21. The molecular weight excluding hydrogens is 369 g/mol. The third-order valence-corrected chi connectivity index (χ3v) is 4.83. The van der Waals surface area contributed by atoms with Crippen molar-refractivity contribution in [3.63, 3.8) is 0 Å². The van der Waals surface area contributed by atoms with Crippen LogP contribution in [0, 0.1) is 5.82 Å². The molecule has 29 heavy (non-hydrogen) atoms. The standard InChI is InChI=1S/C23H26FN3O2/c1-4-5-6-15-25-16(2)21-22(17-7-13-20(29-3)14-8-17)26-27(23(21)28)19-11-9-18(24)10-12-19/h7-14,26H,4-6,15H2,1-3H3. The van der Waals surface area contributed by atoms with Crippen LogP contribution in [0.15, 0.2) is 58.3 Å². The largest absolute Gasteiger partial charge is 0.497 e. The summed E-state index contributed by atoms with van der Waals surface area (Å²) in [5, 5.41) is 3.18. The van der Waals surface area contributed by atoms with E-state index in [0.29, 0.717) is 29.2 Å². The van der Waals surface area contributed by atoms with Crippen LogP contribution in [0.5, 0.6) is 5.75 Å². The van der Waals surface area contributed by atoms with Crippen molar-refractivity contribution in [2.24, 2.45) is 4.99 Å². The van der Waals surface area contributed by atoms with Gasteiger partial charge >= 0.3 is 0 Å². The van der Waals surface area contributed by atoms with E-state index in [1.54, 1.807) is 19.2 Å². The summed E-state index contributed by atoms with van der Waals surface area (Å²) in [7, 11) is 1.61. The summed E-state index contributed by atoms with van der Waals surface area (Å²) in [6, 6.07) is 13.3. The van der Waals surface area contributed by atoms with Gasteiger partial charge in [0.1, 0.15) is 11.6 Å². The first-order valence-corrected chi connectivity index (χ1v) is 9.82. The third-order valence-electron chi connectivity index (χ3n) is 4.83. The predicted octanol–water partition coefficient (Wildman–Crippen LogP) is 4.98. The van der Waals surface area contributed by atoms with Gasteiger partial charge in [-0.15, -0.1) is 0 Å². The van der Waals surface area contributed by atoms with Gasteiger partial charge in [-0.3, -0.25) is 14.9 Å². The number of hydrogen-bond donors (Lipinski definition) is 1. The van der Waals surface area contributed by atoms with Crippen LogP contribution in [-0.4, -0.2) is 29.1 Å². The maximum Gasteiger partial charge on any atom is 0.280 e. The molecular formula is C23H26FN3O2. The molecule has 0 amide bonds. The Morgan fingerprint density at radius 3 is 2.41 bits per heavy atom. The molecule has 0 aliphatic rings. The van der Waals surface area contributed by atoms with E-state index in [2.05, 4.69) is 17.0 Å². The molecule has 0 aliphatic heterocycles. The highest BCUT2D eigenvalue weighted by Gasteiger charge is 2.19. The normalized spacial score (nSPS) is 11.7. The average Bonchev–Trinajstić information content (AvgIpc) is 3.09. The molecule has 0 saturated carbocycles. The topological polar surface area (TPSA) is 59.4 Å². The molecule has 152 valence electrons. The summed E-state index contributed by atoms with van der Waals surface area (Å²) in [5.74, 6) is 0.387. The lowest BCUT2D eigenvalue weighted by molar-refractivity contribution is 0.415. The van der Waals surface area contributed by atoms with Crippen LogP contribution in [0.1, 0.15) is 38.7 Å². The number of nitrogens with zero attached hydrogens (tertiary/aromatic N) is 2. The fourth-order valence-corrected chi connectivity index (χ4v) is 3.20. The van der Waals surface area contributed by atoms with Gasteiger partial charge in [0.25, 0.3) is 5.56 Å². The van der Waals surface area contributed by atoms with Gasteiger partial charge in [0, 0.05) is 17.8 Å². The third kappa shape index (κ3) is 4.65. The maximum atomic E-state index is 13.3. The van der Waals surface area contributed by atoms with Gasteiger partial charge in [-0.25, -0.2) is 9.07 Å². The first-order chi connectivity index (χ1) is 14.0. The number of H-pyrrole nitrogens is 1. The molecule has 0 saturated heterocycles. The molecule has 1 N–H and O–H groups in total. The van der Waals surface area contributed by atoms with Crippen LogP contribution in [0.3, 0.4) is 0 Å². The van der Waals surface area contributed by atoms with Crippen LogP contribution < -0.4 is 10.3 Å². The number of nitrogens with one attached hydrogen (secondary N) is 1. The molecule has 1 heterocycles. The first-order valence-electron chi connectivity index (χ1n) is 9.82. The number of aliphatic imine (C=N–C) groups is 1. The monoisotopic (exact) mass is 395 g/mol. The van der Waals surface area contributed by atoms with Crippen molar-refractivity contribution in [1.82, 2.24) is 9.78 Å². The minimum absolute atomic E-state index is 0.209. The number of aromatic nitrogens is 2. The quantitative estimate of drug-likeness (QED) is 0.432. The van der Waals surface area contributed by atoms with E-state index in [9.17, 15) is 9.18 Å². The summed E-state index contributed by atoms with van der Waals surface area (Å²) in [4.78, 5) is 17.9. The van der Waals surface area contributed by atoms with E-state index in [-0.39, 0.29) is 11.4 Å². The Balaban J connectivity index is 2.10. The SMILES string of the molecule is CCCCCN=C(C)c1c(-c2ccc(OC)cc2)[nH]n(-c2ccc(F)cc2)c1=O. The zero-order valence-corrected chi connectivity index (χ0v) is 17.0. The molecule has 0 aliphatic carbocycles. The van der Waals surface area contributed by atoms with Crippen LogP contribution in [-0.2, 0) is 0 Å². The Kier molecular flexibility index (Phi) is 6.65. The van der Waals surface area contributed by atoms with E-state index < -0.39 is 0 Å².